The predicted octanol–water partition coefficient (Wildman–Crippen LogP) is 1.45. The van der Waals surface area contributed by atoms with Gasteiger partial charge in [0.05, 0.1) is 23.7 Å². The molecule has 20 heavy (non-hydrogen) atoms. The van der Waals surface area contributed by atoms with Gasteiger partial charge in [0.15, 0.2) is 5.82 Å². The van der Waals surface area contributed by atoms with Crippen LogP contribution >= 0.6 is 0 Å². The van der Waals surface area contributed by atoms with Gasteiger partial charge in [-0.05, 0) is 24.3 Å². The summed E-state index contributed by atoms with van der Waals surface area (Å²) in [7, 11) is 0. The first kappa shape index (κ1) is 12.2. The van der Waals surface area contributed by atoms with Crippen molar-refractivity contribution in [2.75, 3.05) is 0 Å². The lowest BCUT2D eigenvalue weighted by molar-refractivity contribution is 0.0937. The Morgan fingerprint density at radius 3 is 2.90 bits per heavy atom. The molecule has 0 aliphatic heterocycles. The van der Waals surface area contributed by atoms with E-state index in [1.54, 1.807) is 36.4 Å². The highest BCUT2D eigenvalue weighted by Gasteiger charge is 2.11. The van der Waals surface area contributed by atoms with Crippen molar-refractivity contribution >= 4 is 16.8 Å². The molecule has 0 bridgehead atoms. The Kier molecular flexibility index (Phi) is 3.04. The zero-order chi connectivity index (χ0) is 13.9. The molecule has 3 aromatic rings. The number of para-hydroxylation sites is 1. The number of H-pyrrole nitrogens is 1. The highest BCUT2D eigenvalue weighted by atomic mass is 16.3. The van der Waals surface area contributed by atoms with Crippen LogP contribution in [-0.2, 0) is 6.54 Å². The summed E-state index contributed by atoms with van der Waals surface area (Å²) in [6.45, 7) is 0.238. The van der Waals surface area contributed by atoms with Crippen LogP contribution in [0, 0.1) is 0 Å². The molecule has 3 rings (SSSR count). The number of nitrogens with zero attached hydrogens (tertiary/aromatic N) is 1. The molecule has 0 unspecified atom stereocenters. The smallest absolute Gasteiger partial charge is 0.287 e. The van der Waals surface area contributed by atoms with Gasteiger partial charge in [0.1, 0.15) is 5.76 Å². The molecule has 2 aromatic heterocycles. The topological polar surface area (TPSA) is 88.0 Å². The summed E-state index contributed by atoms with van der Waals surface area (Å²) >= 11 is 0. The molecule has 0 fully saturated rings. The van der Waals surface area contributed by atoms with Crippen molar-refractivity contribution in [1.29, 1.82) is 0 Å². The fraction of sp³-hybridized carbons (Fsp3) is 0.0714. The molecule has 2 heterocycles. The Morgan fingerprint density at radius 2 is 2.10 bits per heavy atom. The maximum atomic E-state index is 12.0. The number of aromatic amines is 1. The van der Waals surface area contributed by atoms with Crippen LogP contribution in [0.2, 0.25) is 0 Å². The van der Waals surface area contributed by atoms with Gasteiger partial charge >= 0.3 is 0 Å². The number of fused-ring (bicyclic) bond motifs is 1. The Bertz CT molecular complexity index is 806. The molecule has 0 aliphatic rings. The van der Waals surface area contributed by atoms with Crippen molar-refractivity contribution < 1.29 is 9.21 Å². The lowest BCUT2D eigenvalue weighted by atomic mass is 10.2. The van der Waals surface area contributed by atoms with Crippen LogP contribution in [0.1, 0.15) is 16.4 Å². The minimum atomic E-state index is -0.454. The zero-order valence-electron chi connectivity index (χ0n) is 10.4. The van der Waals surface area contributed by atoms with Crippen molar-refractivity contribution in [3.05, 3.63) is 64.6 Å². The number of aromatic nitrogens is 2. The SMILES string of the molecule is O=C(NCc1ccco1)c1nc2ccccc2c(=O)[nH]1. The molecular formula is C14H11N3O3. The van der Waals surface area contributed by atoms with Gasteiger partial charge in [0.25, 0.3) is 11.5 Å². The maximum Gasteiger partial charge on any atom is 0.287 e. The fourth-order valence-corrected chi connectivity index (χ4v) is 1.86. The van der Waals surface area contributed by atoms with Crippen molar-refractivity contribution in [3.8, 4) is 0 Å². The maximum absolute atomic E-state index is 12.0. The highest BCUT2D eigenvalue weighted by molar-refractivity contribution is 5.92. The second kappa shape index (κ2) is 5.00. The minimum Gasteiger partial charge on any atom is -0.467 e. The summed E-state index contributed by atoms with van der Waals surface area (Å²) in [5, 5.41) is 3.08. The van der Waals surface area contributed by atoms with Gasteiger partial charge in [-0.25, -0.2) is 4.98 Å². The number of carbonyl (C=O) groups is 1. The van der Waals surface area contributed by atoms with Gasteiger partial charge in [0, 0.05) is 0 Å². The van der Waals surface area contributed by atoms with Gasteiger partial charge in [-0.2, -0.15) is 0 Å². The molecule has 100 valence electrons. The third-order valence-corrected chi connectivity index (χ3v) is 2.83. The Hall–Kier alpha value is -2.89. The molecule has 6 nitrogen and oxygen atoms in total. The summed E-state index contributed by atoms with van der Waals surface area (Å²) < 4.78 is 5.11. The number of furan rings is 1. The summed E-state index contributed by atoms with van der Waals surface area (Å²) in [4.78, 5) is 30.4. The summed E-state index contributed by atoms with van der Waals surface area (Å²) in [5.74, 6) is 0.158. The fourth-order valence-electron chi connectivity index (χ4n) is 1.86. The molecule has 1 aromatic carbocycles. The number of rotatable bonds is 3. The number of hydrogen-bond acceptors (Lipinski definition) is 4. The van der Waals surface area contributed by atoms with E-state index in [2.05, 4.69) is 15.3 Å². The largest absolute Gasteiger partial charge is 0.467 e. The summed E-state index contributed by atoms with van der Waals surface area (Å²) in [6, 6.07) is 10.3. The molecule has 2 N–H and O–H groups in total. The van der Waals surface area contributed by atoms with Gasteiger partial charge in [-0.1, -0.05) is 12.1 Å². The average Bonchev–Trinajstić information content (AvgIpc) is 2.98. The van der Waals surface area contributed by atoms with E-state index >= 15 is 0 Å². The summed E-state index contributed by atoms with van der Waals surface area (Å²) in [6.07, 6.45) is 1.53. The third-order valence-electron chi connectivity index (χ3n) is 2.83. The van der Waals surface area contributed by atoms with Crippen LogP contribution in [0.3, 0.4) is 0 Å². The van der Waals surface area contributed by atoms with Crippen LogP contribution in [-0.4, -0.2) is 15.9 Å². The van der Waals surface area contributed by atoms with Crippen LogP contribution in [0.4, 0.5) is 0 Å². The van der Waals surface area contributed by atoms with Crippen molar-refractivity contribution in [2.24, 2.45) is 0 Å². The van der Waals surface area contributed by atoms with Crippen LogP contribution in [0.5, 0.6) is 0 Å². The van der Waals surface area contributed by atoms with Gasteiger partial charge < -0.3 is 14.7 Å². The Labute approximate surface area is 113 Å². The Balaban J connectivity index is 1.86. The average molecular weight is 269 g/mol. The number of hydrogen-bond donors (Lipinski definition) is 2. The third kappa shape index (κ3) is 2.31. The Morgan fingerprint density at radius 1 is 1.25 bits per heavy atom. The molecular weight excluding hydrogens is 258 g/mol. The van der Waals surface area contributed by atoms with Crippen molar-refractivity contribution in [3.63, 3.8) is 0 Å². The number of carbonyl (C=O) groups excluding carboxylic acids is 1. The molecule has 0 spiro atoms. The van der Waals surface area contributed by atoms with Crippen molar-refractivity contribution in [1.82, 2.24) is 15.3 Å². The standard InChI is InChI=1S/C14H11N3O3/c18-13-10-5-1-2-6-11(10)16-12(17-13)14(19)15-8-9-4-3-7-20-9/h1-7H,8H2,(H,15,19)(H,16,17,18). The van der Waals surface area contributed by atoms with Gasteiger partial charge in [-0.3, -0.25) is 9.59 Å². The van der Waals surface area contributed by atoms with E-state index in [0.29, 0.717) is 16.7 Å². The van der Waals surface area contributed by atoms with E-state index < -0.39 is 5.91 Å². The quantitative estimate of drug-likeness (QED) is 0.753. The first-order valence-corrected chi connectivity index (χ1v) is 6.04. The van der Waals surface area contributed by atoms with E-state index in [1.165, 1.54) is 6.26 Å². The van der Waals surface area contributed by atoms with Crippen LogP contribution in [0.25, 0.3) is 10.9 Å². The predicted molar refractivity (Wildman–Crippen MR) is 72.2 cm³/mol. The van der Waals surface area contributed by atoms with Crippen molar-refractivity contribution in [2.45, 2.75) is 6.54 Å². The van der Waals surface area contributed by atoms with Crippen LogP contribution in [0.15, 0.2) is 51.9 Å². The summed E-state index contributed by atoms with van der Waals surface area (Å²) in [5.41, 5.74) is 0.151. The second-order valence-corrected chi connectivity index (χ2v) is 4.19. The molecule has 0 saturated heterocycles. The molecule has 1 amide bonds. The second-order valence-electron chi connectivity index (χ2n) is 4.19. The zero-order valence-corrected chi connectivity index (χ0v) is 10.4. The first-order valence-electron chi connectivity index (χ1n) is 6.04. The molecule has 0 saturated carbocycles. The molecule has 0 aliphatic carbocycles. The van der Waals surface area contributed by atoms with E-state index in [4.69, 9.17) is 4.42 Å². The molecule has 0 atom stereocenters. The first-order chi connectivity index (χ1) is 9.74. The lowest BCUT2D eigenvalue weighted by Gasteiger charge is -2.03. The minimum absolute atomic E-state index is 0.0137. The van der Waals surface area contributed by atoms with Gasteiger partial charge in [0.2, 0.25) is 0 Å². The monoisotopic (exact) mass is 269 g/mol. The number of benzene rings is 1. The van der Waals surface area contributed by atoms with Crippen LogP contribution < -0.4 is 10.9 Å². The normalized spacial score (nSPS) is 10.6. The van der Waals surface area contributed by atoms with E-state index in [0.717, 1.165) is 0 Å². The van der Waals surface area contributed by atoms with E-state index in [1.807, 2.05) is 0 Å². The highest BCUT2D eigenvalue weighted by Crippen LogP contribution is 2.06. The van der Waals surface area contributed by atoms with E-state index in [9.17, 15) is 9.59 Å². The van der Waals surface area contributed by atoms with Gasteiger partial charge in [-0.15, -0.1) is 0 Å². The number of amides is 1. The molecule has 6 heteroatoms. The van der Waals surface area contributed by atoms with E-state index in [-0.39, 0.29) is 17.9 Å². The number of nitrogens with one attached hydrogen (secondary N) is 2. The molecule has 0 radical (unpaired) electrons. The lowest BCUT2D eigenvalue weighted by Crippen LogP contribution is -2.27.